The van der Waals surface area contributed by atoms with Crippen LogP contribution < -0.4 is 0 Å². The van der Waals surface area contributed by atoms with Crippen molar-refractivity contribution < 1.29 is 0 Å². The average molecular weight is 456 g/mol. The van der Waals surface area contributed by atoms with E-state index in [1.165, 1.54) is 11.1 Å². The number of thioether (sulfide) groups is 1. The van der Waals surface area contributed by atoms with E-state index < -0.39 is 5.54 Å². The summed E-state index contributed by atoms with van der Waals surface area (Å²) >= 11 is 9.65. The molecule has 4 rings (SSSR count). The van der Waals surface area contributed by atoms with Crippen LogP contribution >= 0.6 is 28.7 Å². The zero-order chi connectivity index (χ0) is 20.1. The smallest absolute Gasteiger partial charge is 0.199 e. The molecule has 0 aliphatic carbocycles. The summed E-state index contributed by atoms with van der Waals surface area (Å²) in [6.07, 6.45) is 3.17. The van der Waals surface area contributed by atoms with Gasteiger partial charge in [-0.3, -0.25) is 0 Å². The molecular weight excluding hydrogens is 433 g/mol. The minimum absolute atomic E-state index is 0.742. The molecule has 0 saturated carbocycles. The summed E-state index contributed by atoms with van der Waals surface area (Å²) in [5.41, 5.74) is 2.18. The van der Waals surface area contributed by atoms with Crippen LogP contribution in [0.5, 0.6) is 0 Å². The van der Waals surface area contributed by atoms with Crippen LogP contribution in [0.2, 0.25) is 0 Å². The summed E-state index contributed by atoms with van der Waals surface area (Å²) in [5, 5.41) is 10.8. The van der Waals surface area contributed by atoms with E-state index in [0.29, 0.717) is 0 Å². The van der Waals surface area contributed by atoms with Crippen molar-refractivity contribution in [2.75, 3.05) is 6.54 Å². The van der Waals surface area contributed by atoms with Crippen LogP contribution in [0.4, 0.5) is 0 Å². The van der Waals surface area contributed by atoms with Crippen LogP contribution in [0.3, 0.4) is 0 Å². The highest BCUT2D eigenvalue weighted by Crippen LogP contribution is 2.69. The molecule has 0 N–H and O–H groups in total. The lowest BCUT2D eigenvalue weighted by atomic mass is 10.1. The van der Waals surface area contributed by atoms with Gasteiger partial charge in [-0.05, 0) is 42.2 Å². The summed E-state index contributed by atoms with van der Waals surface area (Å²) in [6, 6.07) is 23.2. The van der Waals surface area contributed by atoms with E-state index in [1.54, 1.807) is 23.1 Å². The molecule has 0 aromatic heterocycles. The Morgan fingerprint density at radius 2 is 1.66 bits per heavy atom. The van der Waals surface area contributed by atoms with Gasteiger partial charge in [0, 0.05) is 23.7 Å². The monoisotopic (exact) mass is 455 g/mol. The minimum atomic E-state index is -2.20. The van der Waals surface area contributed by atoms with Crippen molar-refractivity contribution in [3.05, 3.63) is 83.1 Å². The minimum Gasteiger partial charge on any atom is -0.321 e. The van der Waals surface area contributed by atoms with Crippen molar-refractivity contribution in [2.24, 2.45) is 4.76 Å². The molecule has 7 heteroatoms. The van der Waals surface area contributed by atoms with Crippen LogP contribution in [0.15, 0.2) is 76.7 Å². The number of nitrogens with zero attached hydrogens (tertiary/aromatic N) is 3. The lowest BCUT2D eigenvalue weighted by Gasteiger charge is -2.41. The Morgan fingerprint density at radius 3 is 2.31 bits per heavy atom. The van der Waals surface area contributed by atoms with Gasteiger partial charge in [0.15, 0.2) is 5.54 Å². The average Bonchev–Trinajstić information content (AvgIpc) is 2.78. The Hall–Kier alpha value is -1.51. The van der Waals surface area contributed by atoms with Gasteiger partial charge in [0.05, 0.1) is 0 Å². The van der Waals surface area contributed by atoms with E-state index in [-0.39, 0.29) is 0 Å². The lowest BCUT2D eigenvalue weighted by molar-refractivity contribution is 0.442. The van der Waals surface area contributed by atoms with Gasteiger partial charge in [0.25, 0.3) is 0 Å². The molecule has 0 radical (unpaired) electrons. The fourth-order valence-electron chi connectivity index (χ4n) is 3.46. The van der Waals surface area contributed by atoms with Crippen molar-refractivity contribution in [2.45, 2.75) is 30.8 Å². The molecule has 0 bridgehead atoms. The second-order valence-electron chi connectivity index (χ2n) is 6.94. The Kier molecular flexibility index (Phi) is 6.82. The maximum Gasteiger partial charge on any atom is 0.199 e. The first-order valence-electron chi connectivity index (χ1n) is 9.67. The number of hydrogen-bond donors (Lipinski definition) is 0. The SMILES string of the molecule is N#CC1=C2CCCCN2P(=S)(SCc2ccccc2)N=C1SCc1ccccc1. The largest absolute Gasteiger partial charge is 0.321 e. The van der Waals surface area contributed by atoms with Crippen LogP contribution in [0.25, 0.3) is 0 Å². The van der Waals surface area contributed by atoms with Gasteiger partial charge in [-0.2, -0.15) is 5.26 Å². The van der Waals surface area contributed by atoms with Gasteiger partial charge in [0.2, 0.25) is 0 Å². The molecule has 0 amide bonds. The van der Waals surface area contributed by atoms with Gasteiger partial charge in [-0.25, -0.2) is 4.76 Å². The highest BCUT2D eigenvalue weighted by Gasteiger charge is 2.37. The van der Waals surface area contributed by atoms with E-state index in [1.807, 2.05) is 24.3 Å². The first kappa shape index (κ1) is 20.8. The second kappa shape index (κ2) is 9.53. The maximum atomic E-state index is 9.92. The summed E-state index contributed by atoms with van der Waals surface area (Å²) in [6.45, 7) is 0.916. The summed E-state index contributed by atoms with van der Waals surface area (Å²) in [4.78, 5) is 0. The third-order valence-electron chi connectivity index (χ3n) is 4.94. The molecule has 0 spiro atoms. The highest BCUT2D eigenvalue weighted by atomic mass is 32.9. The number of nitriles is 1. The molecule has 2 heterocycles. The van der Waals surface area contributed by atoms with Gasteiger partial charge >= 0.3 is 0 Å². The number of allylic oxidation sites excluding steroid dienone is 1. The Balaban J connectivity index is 1.62. The number of rotatable bonds is 5. The zero-order valence-corrected chi connectivity index (χ0v) is 19.4. The molecule has 1 saturated heterocycles. The summed E-state index contributed by atoms with van der Waals surface area (Å²) < 4.78 is 7.40. The van der Waals surface area contributed by atoms with Crippen molar-refractivity contribution in [3.63, 3.8) is 0 Å². The third kappa shape index (κ3) is 4.81. The first-order chi connectivity index (χ1) is 14.2. The fraction of sp³-hybridized carbons (Fsp3) is 0.273. The molecule has 3 nitrogen and oxygen atoms in total. The molecule has 29 heavy (non-hydrogen) atoms. The summed E-state index contributed by atoms with van der Waals surface area (Å²) in [7, 11) is 0. The molecule has 148 valence electrons. The topological polar surface area (TPSA) is 39.4 Å². The molecule has 2 aliphatic heterocycles. The van der Waals surface area contributed by atoms with Crippen molar-refractivity contribution in [1.29, 1.82) is 5.26 Å². The molecular formula is C22H22N3PS3. The Labute approximate surface area is 186 Å². The molecule has 1 fully saturated rings. The van der Waals surface area contributed by atoms with Crippen molar-refractivity contribution in [3.8, 4) is 6.07 Å². The quantitative estimate of drug-likeness (QED) is 0.466. The fourth-order valence-corrected chi connectivity index (χ4v) is 10.8. The number of fused-ring (bicyclic) bond motifs is 1. The van der Waals surface area contributed by atoms with E-state index in [4.69, 9.17) is 16.6 Å². The molecule has 2 aromatic carbocycles. The zero-order valence-electron chi connectivity index (χ0n) is 16.0. The van der Waals surface area contributed by atoms with Gasteiger partial charge < -0.3 is 4.67 Å². The predicted molar refractivity (Wildman–Crippen MR) is 130 cm³/mol. The molecule has 2 aromatic rings. The lowest BCUT2D eigenvalue weighted by Crippen LogP contribution is -2.29. The van der Waals surface area contributed by atoms with E-state index in [2.05, 4.69) is 47.1 Å². The normalized spacial score (nSPS) is 21.3. The first-order valence-corrected chi connectivity index (χ1v) is 14.9. The van der Waals surface area contributed by atoms with Gasteiger partial charge in [0.1, 0.15) is 16.7 Å². The molecule has 1 atom stereocenters. The number of hydrogen-bond acceptors (Lipinski definition) is 4. The Morgan fingerprint density at radius 1 is 1.00 bits per heavy atom. The van der Waals surface area contributed by atoms with Gasteiger partial charge in [-0.15, -0.1) is 11.8 Å². The second-order valence-corrected chi connectivity index (χ2v) is 14.6. The van der Waals surface area contributed by atoms with Crippen molar-refractivity contribution in [1.82, 2.24) is 4.67 Å². The van der Waals surface area contributed by atoms with E-state index >= 15 is 0 Å². The van der Waals surface area contributed by atoms with E-state index in [9.17, 15) is 5.26 Å². The van der Waals surface area contributed by atoms with Gasteiger partial charge in [-0.1, -0.05) is 72.0 Å². The Bertz CT molecular complexity index is 1010. The van der Waals surface area contributed by atoms with Crippen molar-refractivity contribution >= 4 is 45.5 Å². The standard InChI is InChI=1S/C22H22N3PS3/c23-15-20-21-13-7-8-14-25(21)26(27,29-17-19-11-5-2-6-12-19)24-22(20)28-16-18-9-3-1-4-10-18/h1-6,9-12H,7-8,13-14,16-17H2. The molecule has 2 aliphatic rings. The number of piperidine rings is 1. The van der Waals surface area contributed by atoms with Crippen LogP contribution in [0.1, 0.15) is 30.4 Å². The van der Waals surface area contributed by atoms with Crippen LogP contribution in [-0.4, -0.2) is 16.3 Å². The number of benzene rings is 2. The molecule has 1 unspecified atom stereocenters. The third-order valence-corrected chi connectivity index (χ3v) is 12.4. The highest BCUT2D eigenvalue weighted by molar-refractivity contribution is 8.69. The van der Waals surface area contributed by atoms with Crippen LogP contribution in [0, 0.1) is 11.3 Å². The van der Waals surface area contributed by atoms with E-state index in [0.717, 1.165) is 53.6 Å². The summed E-state index contributed by atoms with van der Waals surface area (Å²) in [5.74, 6) is 1.65. The maximum absolute atomic E-state index is 9.92. The predicted octanol–water partition coefficient (Wildman–Crippen LogP) is 6.75. The van der Waals surface area contributed by atoms with Crippen LogP contribution in [-0.2, 0) is 23.3 Å².